The van der Waals surface area contributed by atoms with Crippen LogP contribution in [0, 0.1) is 0 Å². The first-order chi connectivity index (χ1) is 18.2. The minimum atomic E-state index is -1.01. The quantitative estimate of drug-likeness (QED) is 0.268. The van der Waals surface area contributed by atoms with Gasteiger partial charge in [0.2, 0.25) is 11.8 Å². The number of nitrogens with zero attached hydrogens (tertiary/aromatic N) is 4. The van der Waals surface area contributed by atoms with Crippen LogP contribution in [0.3, 0.4) is 0 Å². The lowest BCUT2D eigenvalue weighted by Crippen LogP contribution is -2.54. The molecule has 0 aliphatic carbocycles. The van der Waals surface area contributed by atoms with E-state index in [2.05, 4.69) is 20.9 Å². The van der Waals surface area contributed by atoms with Gasteiger partial charge in [0.25, 0.3) is 11.8 Å². The van der Waals surface area contributed by atoms with E-state index < -0.39 is 35.2 Å². The fourth-order valence-electron chi connectivity index (χ4n) is 4.98. The Hall–Kier alpha value is -3.60. The Bertz CT molecular complexity index is 1210. The third kappa shape index (κ3) is 5.93. The summed E-state index contributed by atoms with van der Waals surface area (Å²) in [5.41, 5.74) is 0.891. The number of amides is 4. The number of hydrogen-bond acceptors (Lipinski definition) is 8. The van der Waals surface area contributed by atoms with Gasteiger partial charge in [0, 0.05) is 25.3 Å². The van der Waals surface area contributed by atoms with Crippen LogP contribution in [0.2, 0.25) is 0 Å². The molecule has 11 heteroatoms. The summed E-state index contributed by atoms with van der Waals surface area (Å²) in [7, 11) is 0. The molecule has 2 aliphatic rings. The number of anilines is 1. The first-order valence-electron chi connectivity index (χ1n) is 13.4. The molecule has 0 saturated carbocycles. The average molecular weight is 525 g/mol. The standard InChI is InChI=1S/C27H36N6O5/c1-27(2,21-17-32(31-30-21)15-8-6-4-3-5-7-9-16-34)29-19-12-10-11-18-23(19)26(38)33(25(18)37)20-13-14-22(35)28-24(20)36/h10-12,17,20,29,34H,3-9,13-16H2,1-2H3,(H,28,35,36). The Morgan fingerprint density at radius 3 is 2.45 bits per heavy atom. The van der Waals surface area contributed by atoms with Gasteiger partial charge in [-0.05, 0) is 45.2 Å². The smallest absolute Gasteiger partial charge is 0.264 e. The minimum absolute atomic E-state index is 0.0717. The summed E-state index contributed by atoms with van der Waals surface area (Å²) in [4.78, 5) is 51.4. The number of imide groups is 2. The number of aryl methyl sites for hydroxylation is 1. The third-order valence-corrected chi connectivity index (χ3v) is 7.14. The molecule has 1 aromatic carbocycles. The second-order valence-corrected chi connectivity index (χ2v) is 10.5. The summed E-state index contributed by atoms with van der Waals surface area (Å²) in [6.07, 6.45) is 9.59. The van der Waals surface area contributed by atoms with Gasteiger partial charge in [-0.25, -0.2) is 0 Å². The summed E-state index contributed by atoms with van der Waals surface area (Å²) >= 11 is 0. The van der Waals surface area contributed by atoms with Crippen molar-refractivity contribution in [3.63, 3.8) is 0 Å². The Morgan fingerprint density at radius 2 is 1.74 bits per heavy atom. The van der Waals surface area contributed by atoms with Gasteiger partial charge in [-0.15, -0.1) is 5.10 Å². The van der Waals surface area contributed by atoms with Gasteiger partial charge in [-0.2, -0.15) is 0 Å². The molecule has 1 saturated heterocycles. The molecular weight excluding hydrogens is 488 g/mol. The van der Waals surface area contributed by atoms with Gasteiger partial charge in [-0.1, -0.05) is 43.4 Å². The van der Waals surface area contributed by atoms with Gasteiger partial charge in [0.05, 0.1) is 22.9 Å². The Balaban J connectivity index is 1.40. The summed E-state index contributed by atoms with van der Waals surface area (Å²) in [6.45, 7) is 4.87. The lowest BCUT2D eigenvalue weighted by atomic mass is 9.99. The van der Waals surface area contributed by atoms with Gasteiger partial charge < -0.3 is 10.4 Å². The zero-order valence-corrected chi connectivity index (χ0v) is 22.0. The summed E-state index contributed by atoms with van der Waals surface area (Å²) in [5.74, 6) is -2.14. The maximum Gasteiger partial charge on any atom is 0.264 e. The molecule has 1 unspecified atom stereocenters. The van der Waals surface area contributed by atoms with Crippen molar-refractivity contribution >= 4 is 29.3 Å². The normalized spacial score (nSPS) is 17.7. The summed E-state index contributed by atoms with van der Waals surface area (Å²) in [6, 6.07) is 3.98. The van der Waals surface area contributed by atoms with Gasteiger partial charge >= 0.3 is 0 Å². The Kier molecular flexibility index (Phi) is 8.55. The van der Waals surface area contributed by atoms with Crippen molar-refractivity contribution in [3.8, 4) is 0 Å². The minimum Gasteiger partial charge on any atom is -0.396 e. The summed E-state index contributed by atoms with van der Waals surface area (Å²) < 4.78 is 1.82. The van der Waals surface area contributed by atoms with Gasteiger partial charge in [-0.3, -0.25) is 34.1 Å². The topological polar surface area (TPSA) is 147 Å². The molecule has 3 heterocycles. The van der Waals surface area contributed by atoms with Crippen LogP contribution in [0.15, 0.2) is 24.4 Å². The second kappa shape index (κ2) is 11.8. The maximum atomic E-state index is 13.4. The highest BCUT2D eigenvalue weighted by Gasteiger charge is 2.46. The van der Waals surface area contributed by atoms with Crippen molar-refractivity contribution in [2.75, 3.05) is 11.9 Å². The Labute approximate surface area is 222 Å². The number of aromatic nitrogens is 3. The van der Waals surface area contributed by atoms with Crippen molar-refractivity contribution < 1.29 is 24.3 Å². The van der Waals surface area contributed by atoms with Crippen LogP contribution in [-0.4, -0.2) is 61.3 Å². The number of carbonyl (C=O) groups excluding carboxylic acids is 4. The largest absolute Gasteiger partial charge is 0.396 e. The molecule has 38 heavy (non-hydrogen) atoms. The van der Waals surface area contributed by atoms with E-state index in [9.17, 15) is 19.2 Å². The zero-order valence-electron chi connectivity index (χ0n) is 22.0. The predicted octanol–water partition coefficient (Wildman–Crippen LogP) is 2.75. The number of unbranched alkanes of at least 4 members (excludes halogenated alkanes) is 6. The lowest BCUT2D eigenvalue weighted by molar-refractivity contribution is -0.136. The first-order valence-corrected chi connectivity index (χ1v) is 13.4. The number of aliphatic hydroxyl groups excluding tert-OH is 1. The average Bonchev–Trinajstić information content (AvgIpc) is 3.45. The van der Waals surface area contributed by atoms with E-state index in [1.807, 2.05) is 24.7 Å². The molecule has 204 valence electrons. The molecule has 1 aromatic heterocycles. The van der Waals surface area contributed by atoms with Gasteiger partial charge in [0.15, 0.2) is 0 Å². The van der Waals surface area contributed by atoms with E-state index in [1.54, 1.807) is 18.2 Å². The number of hydrogen-bond donors (Lipinski definition) is 3. The van der Waals surface area contributed by atoms with E-state index in [0.29, 0.717) is 11.4 Å². The number of rotatable bonds is 13. The summed E-state index contributed by atoms with van der Waals surface area (Å²) in [5, 5.41) is 23.0. The number of piperidine rings is 1. The fourth-order valence-corrected chi connectivity index (χ4v) is 4.98. The van der Waals surface area contributed by atoms with Crippen LogP contribution in [-0.2, 0) is 21.7 Å². The monoisotopic (exact) mass is 524 g/mol. The molecule has 11 nitrogen and oxygen atoms in total. The molecule has 0 spiro atoms. The van der Waals surface area contributed by atoms with Crippen LogP contribution in [0.25, 0.3) is 0 Å². The fraction of sp³-hybridized carbons (Fsp3) is 0.556. The van der Waals surface area contributed by atoms with Crippen molar-refractivity contribution in [2.24, 2.45) is 0 Å². The number of aliphatic hydroxyl groups is 1. The molecule has 0 radical (unpaired) electrons. The molecule has 0 bridgehead atoms. The molecule has 1 atom stereocenters. The highest BCUT2D eigenvalue weighted by Crippen LogP contribution is 2.35. The van der Waals surface area contributed by atoms with E-state index in [-0.39, 0.29) is 30.6 Å². The molecule has 4 amide bonds. The highest BCUT2D eigenvalue weighted by molar-refractivity contribution is 6.25. The predicted molar refractivity (Wildman–Crippen MR) is 139 cm³/mol. The van der Waals surface area contributed by atoms with E-state index >= 15 is 0 Å². The van der Waals surface area contributed by atoms with Crippen LogP contribution < -0.4 is 10.6 Å². The van der Waals surface area contributed by atoms with Crippen LogP contribution in [0.4, 0.5) is 5.69 Å². The van der Waals surface area contributed by atoms with Crippen LogP contribution >= 0.6 is 0 Å². The van der Waals surface area contributed by atoms with E-state index in [0.717, 1.165) is 50.0 Å². The molecule has 1 fully saturated rings. The van der Waals surface area contributed by atoms with Crippen molar-refractivity contribution in [2.45, 2.75) is 89.8 Å². The molecule has 4 rings (SSSR count). The highest BCUT2D eigenvalue weighted by atomic mass is 16.3. The molecular formula is C27H36N6O5. The number of benzene rings is 1. The van der Waals surface area contributed by atoms with Gasteiger partial charge in [0.1, 0.15) is 11.7 Å². The van der Waals surface area contributed by atoms with Crippen LogP contribution in [0.5, 0.6) is 0 Å². The van der Waals surface area contributed by atoms with Crippen molar-refractivity contribution in [1.29, 1.82) is 0 Å². The lowest BCUT2D eigenvalue weighted by Gasteiger charge is -2.28. The Morgan fingerprint density at radius 1 is 1.03 bits per heavy atom. The van der Waals surface area contributed by atoms with Crippen molar-refractivity contribution in [1.82, 2.24) is 25.2 Å². The van der Waals surface area contributed by atoms with E-state index in [1.165, 1.54) is 6.42 Å². The number of carbonyl (C=O) groups is 4. The molecule has 3 N–H and O–H groups in total. The molecule has 2 aromatic rings. The third-order valence-electron chi connectivity index (χ3n) is 7.14. The molecule has 2 aliphatic heterocycles. The maximum absolute atomic E-state index is 13.4. The van der Waals surface area contributed by atoms with E-state index in [4.69, 9.17) is 5.11 Å². The zero-order chi connectivity index (χ0) is 27.3. The first kappa shape index (κ1) is 27.4. The number of fused-ring (bicyclic) bond motifs is 1. The van der Waals surface area contributed by atoms with Crippen LogP contribution in [0.1, 0.15) is 98.0 Å². The van der Waals surface area contributed by atoms with Crippen molar-refractivity contribution in [3.05, 3.63) is 41.2 Å². The second-order valence-electron chi connectivity index (χ2n) is 10.5. The SMILES string of the molecule is CC(C)(Nc1cccc2c1C(=O)N(C1CCC(=O)NC1=O)C2=O)c1cn(CCCCCCCCCO)nn1. The number of nitrogens with one attached hydrogen (secondary N) is 2.